The van der Waals surface area contributed by atoms with Crippen LogP contribution >= 0.6 is 11.3 Å². The van der Waals surface area contributed by atoms with E-state index in [1.54, 1.807) is 22.3 Å². The zero-order valence-corrected chi connectivity index (χ0v) is 17.5. The van der Waals surface area contributed by atoms with Crippen LogP contribution in [-0.2, 0) is 29.5 Å². The Morgan fingerprint density at radius 1 is 1.17 bits per heavy atom. The fourth-order valence-corrected chi connectivity index (χ4v) is 4.74. The van der Waals surface area contributed by atoms with Crippen molar-refractivity contribution in [2.75, 3.05) is 5.32 Å². The van der Waals surface area contributed by atoms with Crippen molar-refractivity contribution in [3.63, 3.8) is 0 Å². The zero-order valence-electron chi connectivity index (χ0n) is 15.8. The fourth-order valence-electron chi connectivity index (χ4n) is 3.07. The summed E-state index contributed by atoms with van der Waals surface area (Å²) in [6.45, 7) is 1.04. The largest absolute Gasteiger partial charge is 0.364 e. The summed E-state index contributed by atoms with van der Waals surface area (Å²) in [6, 6.07) is 11.3. The number of imidazole rings is 1. The third-order valence-corrected chi connectivity index (χ3v) is 6.95. The molecule has 4 rings (SSSR count). The third kappa shape index (κ3) is 4.64. The molecule has 11 heteroatoms. The predicted octanol–water partition coefficient (Wildman–Crippen LogP) is 2.92. The van der Waals surface area contributed by atoms with Crippen LogP contribution in [0, 0.1) is 6.08 Å². The highest BCUT2D eigenvalue weighted by atomic mass is 32.2. The third-order valence-electron chi connectivity index (χ3n) is 4.51. The Balaban J connectivity index is 1.46. The van der Waals surface area contributed by atoms with Gasteiger partial charge in [0, 0.05) is 13.1 Å². The molecule has 0 saturated heterocycles. The second kappa shape index (κ2) is 8.46. The molecule has 0 aliphatic heterocycles. The van der Waals surface area contributed by atoms with Gasteiger partial charge in [0.15, 0.2) is 17.0 Å². The number of benzene rings is 1. The summed E-state index contributed by atoms with van der Waals surface area (Å²) >= 11 is 1.10. The molecule has 0 radical (unpaired) electrons. The van der Waals surface area contributed by atoms with Crippen molar-refractivity contribution in [1.82, 2.24) is 19.5 Å². The Labute approximate surface area is 176 Å². The Bertz CT molecular complexity index is 1270. The van der Waals surface area contributed by atoms with Gasteiger partial charge in [0.1, 0.15) is 4.21 Å². The minimum absolute atomic E-state index is 0.148. The minimum atomic E-state index is -3.68. The number of nitrogens with two attached hydrogens (primary N) is 1. The van der Waals surface area contributed by atoms with E-state index in [9.17, 15) is 12.8 Å². The number of nitrogens with one attached hydrogen (secondary N) is 1. The lowest BCUT2D eigenvalue weighted by molar-refractivity contribution is 0.540. The Morgan fingerprint density at radius 2 is 1.97 bits per heavy atom. The van der Waals surface area contributed by atoms with E-state index >= 15 is 0 Å². The molecule has 0 atom stereocenters. The summed E-state index contributed by atoms with van der Waals surface area (Å²) in [5.74, 6) is 0.343. The van der Waals surface area contributed by atoms with E-state index in [0.717, 1.165) is 22.5 Å². The highest BCUT2D eigenvalue weighted by Crippen LogP contribution is 2.22. The first kappa shape index (κ1) is 20.4. The number of nitrogens with zero attached hydrogens (tertiary/aromatic N) is 4. The first-order valence-electron chi connectivity index (χ1n) is 9.16. The molecule has 4 aromatic rings. The number of aryl methyl sites for hydroxylation is 2. The molecule has 0 aliphatic carbocycles. The molecule has 0 saturated carbocycles. The lowest BCUT2D eigenvalue weighted by Crippen LogP contribution is -2.10. The van der Waals surface area contributed by atoms with Crippen LogP contribution in [0.4, 0.5) is 10.2 Å². The van der Waals surface area contributed by atoms with Crippen LogP contribution in [0.1, 0.15) is 17.5 Å². The van der Waals surface area contributed by atoms with Crippen molar-refractivity contribution in [3.05, 3.63) is 65.3 Å². The summed E-state index contributed by atoms with van der Waals surface area (Å²) in [4.78, 5) is 12.1. The highest BCUT2D eigenvalue weighted by molar-refractivity contribution is 7.91. The zero-order chi connectivity index (χ0) is 21.1. The molecule has 0 amide bonds. The predicted molar refractivity (Wildman–Crippen MR) is 113 cm³/mol. The number of primary sulfonamides is 1. The number of sulfonamides is 1. The second-order valence-corrected chi connectivity index (χ2v) is 9.41. The second-order valence-electron chi connectivity index (χ2n) is 6.71. The van der Waals surface area contributed by atoms with Gasteiger partial charge in [-0.05, 0) is 35.4 Å². The average molecular weight is 447 g/mol. The molecule has 3 N–H and O–H groups in total. The van der Waals surface area contributed by atoms with E-state index in [1.807, 2.05) is 30.3 Å². The number of hydrogen-bond acceptors (Lipinski definition) is 7. The summed E-state index contributed by atoms with van der Waals surface area (Å²) in [7, 11) is -3.68. The normalized spacial score (nSPS) is 11.8. The maximum atomic E-state index is 14.0. The van der Waals surface area contributed by atoms with E-state index in [1.165, 1.54) is 0 Å². The molecule has 1 aromatic carbocycles. The Hall–Kier alpha value is -2.89. The van der Waals surface area contributed by atoms with Crippen molar-refractivity contribution < 1.29 is 12.8 Å². The SMILES string of the molecule is NS(=O)(=O)c1cc(CCCn2cnc3c(NCc4ccccc4)nc(F)nc32)cs1. The number of thiophene rings is 1. The van der Waals surface area contributed by atoms with Crippen molar-refractivity contribution in [2.45, 2.75) is 30.1 Å². The summed E-state index contributed by atoms with van der Waals surface area (Å²) in [5, 5.41) is 10.0. The maximum absolute atomic E-state index is 14.0. The molecule has 8 nitrogen and oxygen atoms in total. The minimum Gasteiger partial charge on any atom is -0.364 e. The molecule has 156 valence electrons. The van der Waals surface area contributed by atoms with Gasteiger partial charge in [-0.1, -0.05) is 30.3 Å². The first-order valence-corrected chi connectivity index (χ1v) is 11.6. The van der Waals surface area contributed by atoms with Gasteiger partial charge in [0.2, 0.25) is 10.0 Å². The van der Waals surface area contributed by atoms with Gasteiger partial charge in [0.25, 0.3) is 0 Å². The summed E-state index contributed by atoms with van der Waals surface area (Å²) in [5.41, 5.74) is 2.84. The average Bonchev–Trinajstić information content (AvgIpc) is 3.34. The van der Waals surface area contributed by atoms with E-state index in [-0.39, 0.29) is 4.21 Å². The lowest BCUT2D eigenvalue weighted by atomic mass is 10.2. The molecule has 0 fully saturated rings. The van der Waals surface area contributed by atoms with Gasteiger partial charge in [-0.15, -0.1) is 11.3 Å². The smallest absolute Gasteiger partial charge is 0.312 e. The quantitative estimate of drug-likeness (QED) is 0.402. The van der Waals surface area contributed by atoms with Crippen LogP contribution in [0.25, 0.3) is 11.2 Å². The van der Waals surface area contributed by atoms with Crippen LogP contribution in [0.3, 0.4) is 0 Å². The Morgan fingerprint density at radius 3 is 2.70 bits per heavy atom. The maximum Gasteiger partial charge on any atom is 0.312 e. The number of rotatable bonds is 8. The van der Waals surface area contributed by atoms with Gasteiger partial charge < -0.3 is 9.88 Å². The molecular formula is C19H19FN6O2S2. The van der Waals surface area contributed by atoms with E-state index in [2.05, 4.69) is 20.3 Å². The highest BCUT2D eigenvalue weighted by Gasteiger charge is 2.14. The van der Waals surface area contributed by atoms with Gasteiger partial charge in [-0.2, -0.15) is 14.4 Å². The number of anilines is 1. The number of halogens is 1. The number of hydrogen-bond donors (Lipinski definition) is 2. The van der Waals surface area contributed by atoms with Crippen molar-refractivity contribution in [1.29, 1.82) is 0 Å². The number of aromatic nitrogens is 4. The Kier molecular flexibility index (Phi) is 5.75. The van der Waals surface area contributed by atoms with Crippen LogP contribution in [0.5, 0.6) is 0 Å². The molecule has 0 bridgehead atoms. The molecular weight excluding hydrogens is 427 g/mol. The topological polar surface area (TPSA) is 116 Å². The van der Waals surface area contributed by atoms with Gasteiger partial charge in [-0.25, -0.2) is 18.5 Å². The van der Waals surface area contributed by atoms with Crippen LogP contribution < -0.4 is 10.5 Å². The van der Waals surface area contributed by atoms with Gasteiger partial charge in [-0.3, -0.25) is 0 Å². The summed E-state index contributed by atoms with van der Waals surface area (Å²) in [6.07, 6.45) is 2.13. The molecule has 3 aromatic heterocycles. The lowest BCUT2D eigenvalue weighted by Gasteiger charge is -2.07. The number of fused-ring (bicyclic) bond motifs is 1. The van der Waals surface area contributed by atoms with Crippen molar-refractivity contribution >= 4 is 38.3 Å². The van der Waals surface area contributed by atoms with E-state index < -0.39 is 16.1 Å². The van der Waals surface area contributed by atoms with E-state index in [0.29, 0.717) is 42.9 Å². The molecule has 0 unspecified atom stereocenters. The molecule has 0 spiro atoms. The van der Waals surface area contributed by atoms with Crippen molar-refractivity contribution in [3.8, 4) is 0 Å². The monoisotopic (exact) mass is 446 g/mol. The first-order chi connectivity index (χ1) is 14.4. The fraction of sp³-hybridized carbons (Fsp3) is 0.211. The van der Waals surface area contributed by atoms with Crippen molar-refractivity contribution in [2.24, 2.45) is 5.14 Å². The summed E-state index contributed by atoms with van der Waals surface area (Å²) < 4.78 is 38.7. The van der Waals surface area contributed by atoms with Crippen LogP contribution in [-0.4, -0.2) is 27.9 Å². The van der Waals surface area contributed by atoms with Gasteiger partial charge >= 0.3 is 6.08 Å². The molecule has 3 heterocycles. The van der Waals surface area contributed by atoms with Crippen LogP contribution in [0.15, 0.2) is 52.3 Å². The standard InChI is InChI=1S/C19H19FN6O2S2/c20-19-24-17(22-10-13-5-2-1-3-6-13)16-18(25-19)26(12-23-16)8-4-7-14-9-15(29-11-14)30(21,27)28/h1-3,5-6,9,11-12H,4,7-8,10H2,(H2,21,27,28)(H,22,24,25). The van der Waals surface area contributed by atoms with Gasteiger partial charge in [0.05, 0.1) is 6.33 Å². The molecule has 0 aliphatic rings. The van der Waals surface area contributed by atoms with E-state index in [4.69, 9.17) is 5.14 Å². The van der Waals surface area contributed by atoms with Crippen LogP contribution in [0.2, 0.25) is 0 Å². The molecule has 30 heavy (non-hydrogen) atoms.